The van der Waals surface area contributed by atoms with Crippen molar-refractivity contribution in [3.05, 3.63) is 132 Å². The van der Waals surface area contributed by atoms with E-state index in [9.17, 15) is 13.2 Å². The van der Waals surface area contributed by atoms with E-state index in [1.54, 1.807) is 0 Å². The van der Waals surface area contributed by atoms with Crippen LogP contribution in [0.1, 0.15) is 35.2 Å². The Morgan fingerprint density at radius 1 is 0.660 bits per heavy atom. The molecule has 6 rings (SSSR count). The molecule has 0 aliphatic carbocycles. The van der Waals surface area contributed by atoms with Crippen molar-refractivity contribution < 1.29 is 27.4 Å². The summed E-state index contributed by atoms with van der Waals surface area (Å²) in [6.07, 6.45) is -1.83. The number of hydrogen-bond donors (Lipinski definition) is 0. The first-order chi connectivity index (χ1) is 22.9. The van der Waals surface area contributed by atoms with Crippen molar-refractivity contribution >= 4 is 5.69 Å². The summed E-state index contributed by atoms with van der Waals surface area (Å²) in [6, 6.07) is 33.1. The van der Waals surface area contributed by atoms with Crippen LogP contribution in [0.15, 0.2) is 109 Å². The summed E-state index contributed by atoms with van der Waals surface area (Å²) in [5, 5.41) is 0. The van der Waals surface area contributed by atoms with Gasteiger partial charge in [-0.15, -0.1) is 0 Å². The van der Waals surface area contributed by atoms with Crippen molar-refractivity contribution in [2.24, 2.45) is 5.92 Å². The molecule has 2 aliphatic heterocycles. The maximum atomic E-state index is 13.1. The number of hydrogen-bond acceptors (Lipinski definition) is 6. The molecule has 3 atom stereocenters. The summed E-state index contributed by atoms with van der Waals surface area (Å²) >= 11 is 0. The Morgan fingerprint density at radius 3 is 1.68 bits per heavy atom. The lowest BCUT2D eigenvalue weighted by atomic mass is 9.94. The largest absolute Gasteiger partial charge is 0.433 e. The SMILES string of the molecule is FC(F)(F)c1ccc(N2CCC[C@H](CN3C[C@@H](OCc4ccccc4)C(OCc4ccccc4)[C@H](OCc4ccccc4)C3)C2)cn1. The lowest BCUT2D eigenvalue weighted by Crippen LogP contribution is -2.59. The molecule has 4 aromatic rings. The summed E-state index contributed by atoms with van der Waals surface area (Å²) in [5.41, 5.74) is 3.15. The molecule has 2 saturated heterocycles. The van der Waals surface area contributed by atoms with Crippen LogP contribution in [0.5, 0.6) is 0 Å². The molecule has 47 heavy (non-hydrogen) atoms. The van der Waals surface area contributed by atoms with Gasteiger partial charge in [-0.1, -0.05) is 91.0 Å². The monoisotopic (exact) mass is 645 g/mol. The number of rotatable bonds is 12. The fourth-order valence-electron chi connectivity index (χ4n) is 6.57. The van der Waals surface area contributed by atoms with Gasteiger partial charge < -0.3 is 19.1 Å². The predicted molar refractivity (Wildman–Crippen MR) is 176 cm³/mol. The molecule has 9 heteroatoms. The van der Waals surface area contributed by atoms with Crippen molar-refractivity contribution in [1.82, 2.24) is 9.88 Å². The Kier molecular flexibility index (Phi) is 11.2. The normalized spacial score (nSPS) is 21.2. The number of benzene rings is 3. The summed E-state index contributed by atoms with van der Waals surface area (Å²) in [7, 11) is 0. The Labute approximate surface area is 275 Å². The van der Waals surface area contributed by atoms with Crippen molar-refractivity contribution in [3.63, 3.8) is 0 Å². The highest BCUT2D eigenvalue weighted by molar-refractivity contribution is 5.45. The van der Waals surface area contributed by atoms with E-state index in [1.807, 2.05) is 54.6 Å². The highest BCUT2D eigenvalue weighted by Crippen LogP contribution is 2.31. The molecule has 0 saturated carbocycles. The predicted octanol–water partition coefficient (Wildman–Crippen LogP) is 7.39. The van der Waals surface area contributed by atoms with Crippen LogP contribution in [0.25, 0.3) is 0 Å². The van der Waals surface area contributed by atoms with Gasteiger partial charge in [0.25, 0.3) is 0 Å². The van der Waals surface area contributed by atoms with Gasteiger partial charge >= 0.3 is 6.18 Å². The van der Waals surface area contributed by atoms with Crippen LogP contribution in [0.4, 0.5) is 18.9 Å². The summed E-state index contributed by atoms with van der Waals surface area (Å²) in [6.45, 7) is 5.15. The zero-order chi connectivity index (χ0) is 32.5. The van der Waals surface area contributed by atoms with Crippen molar-refractivity contribution in [3.8, 4) is 0 Å². The number of halogens is 3. The second-order valence-corrected chi connectivity index (χ2v) is 12.5. The molecule has 248 valence electrons. The van der Waals surface area contributed by atoms with Gasteiger partial charge in [-0.2, -0.15) is 13.2 Å². The van der Waals surface area contributed by atoms with E-state index in [1.165, 1.54) is 12.3 Å². The van der Waals surface area contributed by atoms with Gasteiger partial charge in [0.2, 0.25) is 0 Å². The number of ether oxygens (including phenoxy) is 3. The molecular weight excluding hydrogens is 603 g/mol. The van der Waals surface area contributed by atoms with Crippen LogP contribution in [0, 0.1) is 5.92 Å². The number of likely N-dealkylation sites (tertiary alicyclic amines) is 1. The number of piperidine rings is 2. The van der Waals surface area contributed by atoms with E-state index in [-0.39, 0.29) is 18.3 Å². The average Bonchev–Trinajstić information content (AvgIpc) is 3.10. The highest BCUT2D eigenvalue weighted by Gasteiger charge is 2.40. The van der Waals surface area contributed by atoms with Gasteiger partial charge in [-0.3, -0.25) is 4.90 Å². The third kappa shape index (κ3) is 9.41. The Morgan fingerprint density at radius 2 is 1.19 bits per heavy atom. The summed E-state index contributed by atoms with van der Waals surface area (Å²) < 4.78 is 59.2. The number of pyridine rings is 1. The van der Waals surface area contributed by atoms with E-state index >= 15 is 0 Å². The molecule has 1 aromatic heterocycles. The molecule has 3 heterocycles. The average molecular weight is 646 g/mol. The standard InChI is InChI=1S/C38H42F3N3O3/c39-38(40,41)36-19-18-33(21-42-36)44-20-10-17-32(23-44)22-43-24-34(45-26-29-11-4-1-5-12-29)37(47-28-31-15-8-3-9-16-31)35(25-43)46-27-30-13-6-2-7-14-30/h1-9,11-16,18-19,21,32,34-35,37H,10,17,20,22-28H2/t32-,34-,35-/m1/s1. The Bertz CT molecular complexity index is 1440. The maximum Gasteiger partial charge on any atom is 0.433 e. The topological polar surface area (TPSA) is 47.1 Å². The van der Waals surface area contributed by atoms with Gasteiger partial charge in [-0.25, -0.2) is 4.98 Å². The molecular formula is C38H42F3N3O3. The molecule has 0 unspecified atom stereocenters. The third-order valence-electron chi connectivity index (χ3n) is 8.95. The molecule has 2 fully saturated rings. The zero-order valence-corrected chi connectivity index (χ0v) is 26.5. The van der Waals surface area contributed by atoms with Crippen LogP contribution < -0.4 is 4.90 Å². The Hall–Kier alpha value is -3.76. The lowest BCUT2D eigenvalue weighted by molar-refractivity contribution is -0.185. The first-order valence-corrected chi connectivity index (χ1v) is 16.4. The van der Waals surface area contributed by atoms with Crippen LogP contribution in [-0.2, 0) is 40.2 Å². The van der Waals surface area contributed by atoms with E-state index < -0.39 is 11.9 Å². The molecule has 0 spiro atoms. The molecule has 2 aliphatic rings. The first-order valence-electron chi connectivity index (χ1n) is 16.4. The van der Waals surface area contributed by atoms with Crippen LogP contribution >= 0.6 is 0 Å². The number of anilines is 1. The van der Waals surface area contributed by atoms with E-state index in [2.05, 4.69) is 51.2 Å². The van der Waals surface area contributed by atoms with Crippen molar-refractivity contribution in [1.29, 1.82) is 0 Å². The summed E-state index contributed by atoms with van der Waals surface area (Å²) in [4.78, 5) is 8.28. The van der Waals surface area contributed by atoms with Gasteiger partial charge in [0.1, 0.15) is 11.8 Å². The molecule has 3 aromatic carbocycles. The minimum atomic E-state index is -4.45. The minimum Gasteiger partial charge on any atom is -0.370 e. The molecule has 0 radical (unpaired) electrons. The van der Waals surface area contributed by atoms with Crippen LogP contribution in [0.3, 0.4) is 0 Å². The third-order valence-corrected chi connectivity index (χ3v) is 8.95. The highest BCUT2D eigenvalue weighted by atomic mass is 19.4. The van der Waals surface area contributed by atoms with E-state index in [0.29, 0.717) is 38.8 Å². The maximum absolute atomic E-state index is 13.1. The second kappa shape index (κ2) is 15.9. The Balaban J connectivity index is 1.18. The fraction of sp³-hybridized carbons (Fsp3) is 0.395. The fourth-order valence-corrected chi connectivity index (χ4v) is 6.57. The number of alkyl halides is 3. The molecule has 0 amide bonds. The number of aromatic nitrogens is 1. The van der Waals surface area contributed by atoms with E-state index in [4.69, 9.17) is 14.2 Å². The van der Waals surface area contributed by atoms with E-state index in [0.717, 1.165) is 60.9 Å². The molecule has 6 nitrogen and oxygen atoms in total. The van der Waals surface area contributed by atoms with Crippen LogP contribution in [0.2, 0.25) is 0 Å². The summed E-state index contributed by atoms with van der Waals surface area (Å²) in [5.74, 6) is 0.331. The van der Waals surface area contributed by atoms with Crippen LogP contribution in [-0.4, -0.2) is 60.9 Å². The lowest BCUT2D eigenvalue weighted by Gasteiger charge is -2.45. The second-order valence-electron chi connectivity index (χ2n) is 12.5. The minimum absolute atomic E-state index is 0.229. The van der Waals surface area contributed by atoms with Crippen molar-refractivity contribution in [2.75, 3.05) is 37.6 Å². The molecule has 0 N–H and O–H groups in total. The van der Waals surface area contributed by atoms with Gasteiger partial charge in [-0.05, 0) is 47.6 Å². The number of nitrogens with zero attached hydrogens (tertiary/aromatic N) is 3. The smallest absolute Gasteiger partial charge is 0.370 e. The quantitative estimate of drug-likeness (QED) is 0.160. The zero-order valence-electron chi connectivity index (χ0n) is 26.5. The molecule has 0 bridgehead atoms. The first kappa shape index (κ1) is 33.2. The van der Waals surface area contributed by atoms with Gasteiger partial charge in [0.15, 0.2) is 0 Å². The van der Waals surface area contributed by atoms with Gasteiger partial charge in [0, 0.05) is 32.7 Å². The van der Waals surface area contributed by atoms with Crippen molar-refractivity contribution in [2.45, 2.75) is 57.2 Å². The van der Waals surface area contributed by atoms with Gasteiger partial charge in [0.05, 0.1) is 43.9 Å².